The average Bonchev–Trinajstić information content (AvgIpc) is 2.56. The molecule has 1 aliphatic heterocycles. The van der Waals surface area contributed by atoms with E-state index in [0.29, 0.717) is 31.7 Å². The van der Waals surface area contributed by atoms with Crippen LogP contribution in [0.15, 0.2) is 24.3 Å². The molecule has 0 spiro atoms. The summed E-state index contributed by atoms with van der Waals surface area (Å²) in [6.07, 6.45) is 0.692. The molecule has 1 fully saturated rings. The van der Waals surface area contributed by atoms with Crippen molar-refractivity contribution >= 4 is 5.91 Å². The third-order valence-electron chi connectivity index (χ3n) is 4.08. The number of hydrogen-bond donors (Lipinski definition) is 1. The number of carbonyl (C=O) groups is 1. The van der Waals surface area contributed by atoms with E-state index in [-0.39, 0.29) is 11.7 Å². The van der Waals surface area contributed by atoms with Crippen molar-refractivity contribution in [2.24, 2.45) is 0 Å². The Morgan fingerprint density at radius 2 is 1.73 bits per heavy atom. The highest BCUT2D eigenvalue weighted by atomic mass is 16.7. The topological polar surface area (TPSA) is 68.2 Å². The number of amides is 1. The lowest BCUT2D eigenvalue weighted by atomic mass is 10.0. The smallest absolute Gasteiger partial charge is 0.263 e. The first-order valence-corrected chi connectivity index (χ1v) is 7.34. The molecule has 122 valence electrons. The molecule has 0 aromatic heterocycles. The number of methoxy groups -OCH3 is 2. The van der Waals surface area contributed by atoms with Gasteiger partial charge in [0.05, 0.1) is 0 Å². The number of hydrogen-bond acceptors (Lipinski definition) is 5. The molecule has 0 bridgehead atoms. The number of piperidine rings is 1. The van der Waals surface area contributed by atoms with Gasteiger partial charge in [0.2, 0.25) is 0 Å². The van der Waals surface area contributed by atoms with Crippen LogP contribution in [0.2, 0.25) is 0 Å². The van der Waals surface area contributed by atoms with Gasteiger partial charge in [0.15, 0.2) is 11.9 Å². The van der Waals surface area contributed by atoms with Crippen molar-refractivity contribution in [3.63, 3.8) is 0 Å². The molecule has 1 aromatic carbocycles. The molecule has 6 nitrogen and oxygen atoms in total. The molecule has 1 N–H and O–H groups in total. The summed E-state index contributed by atoms with van der Waals surface area (Å²) >= 11 is 0. The Kier molecular flexibility index (Phi) is 5.26. The summed E-state index contributed by atoms with van der Waals surface area (Å²) < 4.78 is 16.4. The van der Waals surface area contributed by atoms with Crippen molar-refractivity contribution in [3.05, 3.63) is 24.3 Å². The first-order valence-electron chi connectivity index (χ1n) is 7.34. The number of carbonyl (C=O) groups excluding carboxylic acids is 1. The molecule has 22 heavy (non-hydrogen) atoms. The van der Waals surface area contributed by atoms with E-state index >= 15 is 0 Å². The Labute approximate surface area is 130 Å². The number of nitrogens with zero attached hydrogens (tertiary/aromatic N) is 1. The largest absolute Gasteiger partial charge is 0.508 e. The van der Waals surface area contributed by atoms with E-state index in [0.717, 1.165) is 0 Å². The third-order valence-corrected chi connectivity index (χ3v) is 4.08. The lowest BCUT2D eigenvalue weighted by Gasteiger charge is -2.40. The Morgan fingerprint density at radius 1 is 1.18 bits per heavy atom. The highest BCUT2D eigenvalue weighted by Crippen LogP contribution is 2.27. The molecular formula is C16H23NO5. The molecule has 6 heteroatoms. The van der Waals surface area contributed by atoms with E-state index in [2.05, 4.69) is 0 Å². The van der Waals surface area contributed by atoms with Crippen LogP contribution in [0.3, 0.4) is 0 Å². The molecule has 0 saturated carbocycles. The molecule has 1 aromatic rings. The van der Waals surface area contributed by atoms with Gasteiger partial charge in [-0.15, -0.1) is 0 Å². The second kappa shape index (κ2) is 6.98. The van der Waals surface area contributed by atoms with E-state index in [4.69, 9.17) is 14.2 Å². The number of likely N-dealkylation sites (tertiary alicyclic amines) is 1. The molecule has 1 aliphatic rings. The maximum Gasteiger partial charge on any atom is 0.263 e. The van der Waals surface area contributed by atoms with Crippen molar-refractivity contribution < 1.29 is 24.1 Å². The fourth-order valence-corrected chi connectivity index (χ4v) is 2.60. The number of phenolic OH excluding ortho intramolecular Hbond substituents is 1. The highest BCUT2D eigenvalue weighted by Gasteiger charge is 2.37. The summed E-state index contributed by atoms with van der Waals surface area (Å²) in [6, 6.07) is 6.32. The molecule has 2 rings (SSSR count). The van der Waals surface area contributed by atoms with Gasteiger partial charge < -0.3 is 24.2 Å². The summed E-state index contributed by atoms with van der Waals surface area (Å²) in [6.45, 7) is 2.87. The SMILES string of the molecule is COC1(OC)CCN(C(=O)C(C)Oc2ccc(O)cc2)CC1. The van der Waals surface area contributed by atoms with E-state index in [1.807, 2.05) is 0 Å². The average molecular weight is 309 g/mol. The van der Waals surface area contributed by atoms with E-state index in [1.54, 1.807) is 38.2 Å². The quantitative estimate of drug-likeness (QED) is 0.840. The van der Waals surface area contributed by atoms with Crippen LogP contribution in [0.25, 0.3) is 0 Å². The lowest BCUT2D eigenvalue weighted by molar-refractivity contribution is -0.229. The number of rotatable bonds is 5. The van der Waals surface area contributed by atoms with Gasteiger partial charge in [-0.1, -0.05) is 0 Å². The summed E-state index contributed by atoms with van der Waals surface area (Å²) in [4.78, 5) is 14.2. The van der Waals surface area contributed by atoms with Gasteiger partial charge in [-0.3, -0.25) is 4.79 Å². The Hall–Kier alpha value is -1.79. The fourth-order valence-electron chi connectivity index (χ4n) is 2.60. The Bertz CT molecular complexity index is 488. The van der Waals surface area contributed by atoms with Crippen molar-refractivity contribution in [1.29, 1.82) is 0 Å². The third kappa shape index (κ3) is 3.69. The highest BCUT2D eigenvalue weighted by molar-refractivity contribution is 5.81. The standard InChI is InChI=1S/C16H23NO5/c1-12(22-14-6-4-13(18)5-7-14)15(19)17-10-8-16(20-2,21-3)9-11-17/h4-7,12,18H,8-11H2,1-3H3. The van der Waals surface area contributed by atoms with Gasteiger partial charge in [0, 0.05) is 40.2 Å². The van der Waals surface area contributed by atoms with Crippen molar-refractivity contribution in [2.75, 3.05) is 27.3 Å². The zero-order valence-corrected chi connectivity index (χ0v) is 13.2. The minimum atomic E-state index is -0.585. The molecule has 1 heterocycles. The van der Waals surface area contributed by atoms with Gasteiger partial charge in [0.25, 0.3) is 5.91 Å². The number of phenols is 1. The van der Waals surface area contributed by atoms with Gasteiger partial charge in [-0.05, 0) is 31.2 Å². The monoisotopic (exact) mass is 309 g/mol. The van der Waals surface area contributed by atoms with E-state index in [9.17, 15) is 9.90 Å². The predicted molar refractivity (Wildman–Crippen MR) is 80.8 cm³/mol. The lowest BCUT2D eigenvalue weighted by Crippen LogP contribution is -2.51. The van der Waals surface area contributed by atoms with E-state index < -0.39 is 11.9 Å². The molecule has 1 atom stereocenters. The van der Waals surface area contributed by atoms with E-state index in [1.165, 1.54) is 12.1 Å². The molecule has 1 saturated heterocycles. The molecule has 1 unspecified atom stereocenters. The second-order valence-corrected chi connectivity index (χ2v) is 5.40. The summed E-state index contributed by atoms with van der Waals surface area (Å²) in [5, 5.41) is 9.25. The normalized spacial score (nSPS) is 18.8. The van der Waals surface area contributed by atoms with Crippen LogP contribution in [0.5, 0.6) is 11.5 Å². The molecule has 0 radical (unpaired) electrons. The predicted octanol–water partition coefficient (Wildman–Crippen LogP) is 1.77. The van der Waals surface area contributed by atoms with Crippen LogP contribution in [0.4, 0.5) is 0 Å². The molecule has 0 aliphatic carbocycles. The van der Waals surface area contributed by atoms with Gasteiger partial charge in [-0.2, -0.15) is 0 Å². The first-order chi connectivity index (χ1) is 10.5. The maximum absolute atomic E-state index is 12.4. The second-order valence-electron chi connectivity index (χ2n) is 5.40. The van der Waals surface area contributed by atoms with Crippen LogP contribution in [0, 0.1) is 0 Å². The minimum absolute atomic E-state index is 0.0612. The number of ether oxygens (including phenoxy) is 3. The number of benzene rings is 1. The van der Waals surface area contributed by atoms with Gasteiger partial charge in [0.1, 0.15) is 11.5 Å². The maximum atomic E-state index is 12.4. The van der Waals surface area contributed by atoms with Gasteiger partial charge >= 0.3 is 0 Å². The summed E-state index contributed by atoms with van der Waals surface area (Å²) in [5.74, 6) is 0.0724. The fraction of sp³-hybridized carbons (Fsp3) is 0.562. The molecule has 1 amide bonds. The Balaban J connectivity index is 1.90. The zero-order valence-electron chi connectivity index (χ0n) is 13.2. The van der Waals surface area contributed by atoms with Crippen LogP contribution < -0.4 is 4.74 Å². The van der Waals surface area contributed by atoms with Crippen molar-refractivity contribution in [1.82, 2.24) is 4.90 Å². The molecular weight excluding hydrogens is 286 g/mol. The first kappa shape index (κ1) is 16.6. The van der Waals surface area contributed by atoms with Crippen molar-refractivity contribution in [2.45, 2.75) is 31.7 Å². The summed E-state index contributed by atoms with van der Waals surface area (Å²) in [7, 11) is 3.25. The number of aromatic hydroxyl groups is 1. The zero-order chi connectivity index (χ0) is 16.2. The van der Waals surface area contributed by atoms with Crippen LogP contribution in [-0.4, -0.2) is 55.1 Å². The van der Waals surface area contributed by atoms with Crippen LogP contribution in [0.1, 0.15) is 19.8 Å². The van der Waals surface area contributed by atoms with Crippen LogP contribution in [-0.2, 0) is 14.3 Å². The minimum Gasteiger partial charge on any atom is -0.508 e. The van der Waals surface area contributed by atoms with Gasteiger partial charge in [-0.25, -0.2) is 0 Å². The van der Waals surface area contributed by atoms with Crippen molar-refractivity contribution in [3.8, 4) is 11.5 Å². The summed E-state index contributed by atoms with van der Waals surface area (Å²) in [5.41, 5.74) is 0. The Morgan fingerprint density at radius 3 is 2.23 bits per heavy atom. The van der Waals surface area contributed by atoms with Crippen LogP contribution >= 0.6 is 0 Å².